The SMILES string of the molecule is COC(=O)C1=C(CS(=O)(=O)c2ccc(CC(C)C)cc2)NC(=O)NC1c1ccc(Cl)cc1. The molecule has 0 radical (unpaired) electrons. The first-order valence-corrected chi connectivity index (χ1v) is 12.1. The maximum atomic E-state index is 13.1. The molecule has 170 valence electrons. The van der Waals surface area contributed by atoms with Crippen molar-refractivity contribution in [3.8, 4) is 0 Å². The van der Waals surface area contributed by atoms with Gasteiger partial charge in [0.25, 0.3) is 0 Å². The maximum Gasteiger partial charge on any atom is 0.338 e. The van der Waals surface area contributed by atoms with Gasteiger partial charge in [-0.1, -0.05) is 49.7 Å². The third-order valence-corrected chi connectivity index (χ3v) is 6.93. The van der Waals surface area contributed by atoms with Crippen molar-refractivity contribution in [2.45, 2.75) is 31.2 Å². The molecule has 9 heteroatoms. The third-order valence-electron chi connectivity index (χ3n) is 5.02. The molecular formula is C23H25ClN2O5S. The maximum absolute atomic E-state index is 13.1. The Morgan fingerprint density at radius 3 is 2.28 bits per heavy atom. The zero-order valence-electron chi connectivity index (χ0n) is 18.0. The van der Waals surface area contributed by atoms with Gasteiger partial charge >= 0.3 is 12.0 Å². The zero-order chi connectivity index (χ0) is 23.5. The average molecular weight is 477 g/mol. The number of hydrogen-bond acceptors (Lipinski definition) is 5. The fourth-order valence-electron chi connectivity index (χ4n) is 3.57. The number of nitrogens with one attached hydrogen (secondary N) is 2. The minimum atomic E-state index is -3.84. The van der Waals surface area contributed by atoms with Gasteiger partial charge in [-0.25, -0.2) is 18.0 Å². The number of esters is 1. The molecule has 0 aromatic heterocycles. The van der Waals surface area contributed by atoms with Crippen molar-refractivity contribution >= 4 is 33.4 Å². The summed E-state index contributed by atoms with van der Waals surface area (Å²) < 4.78 is 31.1. The Morgan fingerprint density at radius 2 is 1.72 bits per heavy atom. The number of methoxy groups -OCH3 is 1. The fraction of sp³-hybridized carbons (Fsp3) is 0.304. The fourth-order valence-corrected chi connectivity index (χ4v) is 5.02. The molecule has 1 atom stereocenters. The largest absolute Gasteiger partial charge is 0.466 e. The van der Waals surface area contributed by atoms with E-state index < -0.39 is 33.6 Å². The summed E-state index contributed by atoms with van der Waals surface area (Å²) in [5.74, 6) is -0.853. The van der Waals surface area contributed by atoms with Crippen LogP contribution in [-0.2, 0) is 25.8 Å². The van der Waals surface area contributed by atoms with E-state index in [1.165, 1.54) is 7.11 Å². The molecule has 0 saturated heterocycles. The lowest BCUT2D eigenvalue weighted by Crippen LogP contribution is -2.47. The van der Waals surface area contributed by atoms with Crippen LogP contribution in [-0.4, -0.2) is 33.3 Å². The molecule has 2 aromatic carbocycles. The number of urea groups is 1. The predicted molar refractivity (Wildman–Crippen MR) is 122 cm³/mol. The van der Waals surface area contributed by atoms with E-state index in [4.69, 9.17) is 16.3 Å². The van der Waals surface area contributed by atoms with Crippen molar-refractivity contribution in [1.29, 1.82) is 0 Å². The lowest BCUT2D eigenvalue weighted by Gasteiger charge is -2.29. The van der Waals surface area contributed by atoms with Crippen LogP contribution in [0.15, 0.2) is 64.7 Å². The van der Waals surface area contributed by atoms with Crippen molar-refractivity contribution < 1.29 is 22.7 Å². The highest BCUT2D eigenvalue weighted by Crippen LogP contribution is 2.30. The Kier molecular flexibility index (Phi) is 7.26. The first kappa shape index (κ1) is 23.8. The molecule has 32 heavy (non-hydrogen) atoms. The van der Waals surface area contributed by atoms with Crippen molar-refractivity contribution in [1.82, 2.24) is 10.6 Å². The highest BCUT2D eigenvalue weighted by atomic mass is 35.5. The van der Waals surface area contributed by atoms with Gasteiger partial charge in [0.05, 0.1) is 29.4 Å². The first-order valence-electron chi connectivity index (χ1n) is 10.1. The molecular weight excluding hydrogens is 452 g/mol. The summed E-state index contributed by atoms with van der Waals surface area (Å²) in [4.78, 5) is 25.0. The second-order valence-corrected chi connectivity index (χ2v) is 10.4. The lowest BCUT2D eigenvalue weighted by molar-refractivity contribution is -0.136. The Bertz CT molecular complexity index is 1140. The van der Waals surface area contributed by atoms with Gasteiger partial charge in [-0.3, -0.25) is 0 Å². The number of halogens is 1. The lowest BCUT2D eigenvalue weighted by atomic mass is 9.95. The molecule has 2 aromatic rings. The van der Waals surface area contributed by atoms with E-state index in [1.807, 2.05) is 0 Å². The van der Waals surface area contributed by atoms with Crippen LogP contribution in [0.5, 0.6) is 0 Å². The predicted octanol–water partition coefficient (Wildman–Crippen LogP) is 3.79. The summed E-state index contributed by atoms with van der Waals surface area (Å²) in [5, 5.41) is 5.62. The molecule has 7 nitrogen and oxygen atoms in total. The minimum Gasteiger partial charge on any atom is -0.466 e. The Balaban J connectivity index is 2.00. The Hall–Kier alpha value is -2.84. The second kappa shape index (κ2) is 9.75. The molecule has 1 heterocycles. The standard InChI is InChI=1S/C23H25ClN2O5S/c1-14(2)12-15-4-10-18(11-5-15)32(29,30)13-19-20(22(27)31-3)21(26-23(28)25-19)16-6-8-17(24)9-7-16/h4-11,14,21H,12-13H2,1-3H3,(H2,25,26,28). The van der Waals surface area contributed by atoms with Crippen LogP contribution < -0.4 is 10.6 Å². The van der Waals surface area contributed by atoms with Gasteiger partial charge in [0.15, 0.2) is 9.84 Å². The Morgan fingerprint density at radius 1 is 1.09 bits per heavy atom. The molecule has 0 spiro atoms. The number of carbonyl (C=O) groups excluding carboxylic acids is 2. The number of carbonyl (C=O) groups is 2. The van der Waals surface area contributed by atoms with E-state index in [-0.39, 0.29) is 16.2 Å². The van der Waals surface area contributed by atoms with Crippen molar-refractivity contribution in [2.24, 2.45) is 5.92 Å². The molecule has 0 aliphatic carbocycles. The second-order valence-electron chi connectivity index (χ2n) is 7.97. The summed E-state index contributed by atoms with van der Waals surface area (Å²) in [6.45, 7) is 4.17. The van der Waals surface area contributed by atoms with Gasteiger partial charge in [0, 0.05) is 10.7 Å². The van der Waals surface area contributed by atoms with Crippen LogP contribution in [0.1, 0.15) is 31.0 Å². The van der Waals surface area contributed by atoms with E-state index in [2.05, 4.69) is 24.5 Å². The van der Waals surface area contributed by atoms with E-state index in [1.54, 1.807) is 48.5 Å². The number of ether oxygens (including phenoxy) is 1. The first-order chi connectivity index (χ1) is 15.1. The van der Waals surface area contributed by atoms with E-state index >= 15 is 0 Å². The van der Waals surface area contributed by atoms with Crippen LogP contribution in [0.25, 0.3) is 0 Å². The quantitative estimate of drug-likeness (QED) is 0.592. The molecule has 1 unspecified atom stereocenters. The van der Waals surface area contributed by atoms with Gasteiger partial charge in [-0.2, -0.15) is 0 Å². The molecule has 0 saturated carbocycles. The summed E-state index contributed by atoms with van der Waals surface area (Å²) >= 11 is 5.95. The van der Waals surface area contributed by atoms with Gasteiger partial charge in [0.1, 0.15) is 0 Å². The van der Waals surface area contributed by atoms with Crippen LogP contribution in [0, 0.1) is 5.92 Å². The molecule has 0 bridgehead atoms. The summed E-state index contributed by atoms with van der Waals surface area (Å²) in [6.07, 6.45) is 0.836. The zero-order valence-corrected chi connectivity index (χ0v) is 19.6. The molecule has 1 aliphatic heterocycles. The molecule has 1 aliphatic rings. The minimum absolute atomic E-state index is 0.0215. The van der Waals surface area contributed by atoms with E-state index in [9.17, 15) is 18.0 Å². The van der Waals surface area contributed by atoms with Gasteiger partial charge in [-0.15, -0.1) is 0 Å². The van der Waals surface area contributed by atoms with E-state index in [0.29, 0.717) is 16.5 Å². The number of hydrogen-bond donors (Lipinski definition) is 2. The molecule has 0 fully saturated rings. The summed E-state index contributed by atoms with van der Waals surface area (Å²) in [7, 11) is -2.65. The molecule has 2 amide bonds. The average Bonchev–Trinajstić information content (AvgIpc) is 2.73. The van der Waals surface area contributed by atoms with Gasteiger partial charge < -0.3 is 15.4 Å². The monoisotopic (exact) mass is 476 g/mol. The number of sulfone groups is 1. The molecule has 2 N–H and O–H groups in total. The topological polar surface area (TPSA) is 102 Å². The summed E-state index contributed by atoms with van der Waals surface area (Å²) in [5.41, 5.74) is 1.60. The van der Waals surface area contributed by atoms with Crippen LogP contribution >= 0.6 is 11.6 Å². The number of amides is 2. The highest BCUT2D eigenvalue weighted by molar-refractivity contribution is 7.91. The van der Waals surface area contributed by atoms with Gasteiger partial charge in [-0.05, 0) is 47.7 Å². The summed E-state index contributed by atoms with van der Waals surface area (Å²) in [6, 6.07) is 11.7. The number of rotatable bonds is 7. The smallest absolute Gasteiger partial charge is 0.338 e. The van der Waals surface area contributed by atoms with Crippen LogP contribution in [0.2, 0.25) is 5.02 Å². The normalized spacial score (nSPS) is 16.5. The molecule has 3 rings (SSSR count). The van der Waals surface area contributed by atoms with Crippen molar-refractivity contribution in [3.63, 3.8) is 0 Å². The number of benzene rings is 2. The third kappa shape index (κ3) is 5.49. The van der Waals surface area contributed by atoms with Gasteiger partial charge in [0.2, 0.25) is 0 Å². The highest BCUT2D eigenvalue weighted by Gasteiger charge is 2.35. The van der Waals surface area contributed by atoms with Crippen molar-refractivity contribution in [2.75, 3.05) is 12.9 Å². The van der Waals surface area contributed by atoms with E-state index in [0.717, 1.165) is 12.0 Å². The van der Waals surface area contributed by atoms with Crippen molar-refractivity contribution in [3.05, 3.63) is 76.0 Å². The van der Waals surface area contributed by atoms with Crippen LogP contribution in [0.3, 0.4) is 0 Å². The Labute approximate surface area is 192 Å². The van der Waals surface area contributed by atoms with Crippen LogP contribution in [0.4, 0.5) is 4.79 Å².